The van der Waals surface area contributed by atoms with Gasteiger partial charge in [-0.1, -0.05) is 25.8 Å². The molecule has 2 rings (SSSR count). The molecule has 0 aromatic heterocycles. The zero-order chi connectivity index (χ0) is 19.2. The molecule has 1 fully saturated rings. The highest BCUT2D eigenvalue weighted by Crippen LogP contribution is 2.36. The number of aliphatic hydroxyl groups excluding tert-OH is 1. The van der Waals surface area contributed by atoms with Crippen LogP contribution in [0.1, 0.15) is 58.1 Å². The molecular weight excluding hydrogens is 333 g/mol. The number of hydrogen-bond acceptors (Lipinski definition) is 3. The van der Waals surface area contributed by atoms with Crippen LogP contribution in [-0.2, 0) is 0 Å². The van der Waals surface area contributed by atoms with Crippen molar-refractivity contribution in [3.05, 3.63) is 29.6 Å². The Morgan fingerprint density at radius 1 is 1.46 bits per heavy atom. The quantitative estimate of drug-likeness (QED) is 0.534. The maximum atomic E-state index is 14.0. The van der Waals surface area contributed by atoms with E-state index < -0.39 is 0 Å². The summed E-state index contributed by atoms with van der Waals surface area (Å²) in [5.74, 6) is 0.536. The molecule has 0 aliphatic heterocycles. The zero-order valence-electron chi connectivity index (χ0n) is 16.3. The monoisotopic (exact) mass is 365 g/mol. The molecule has 0 spiro atoms. The van der Waals surface area contributed by atoms with Gasteiger partial charge in [0.15, 0.2) is 17.5 Å². The average molecular weight is 365 g/mol. The van der Waals surface area contributed by atoms with Gasteiger partial charge in [0.1, 0.15) is 0 Å². The number of guanidine groups is 1. The van der Waals surface area contributed by atoms with Crippen LogP contribution in [-0.4, -0.2) is 37.4 Å². The van der Waals surface area contributed by atoms with Crippen molar-refractivity contribution < 1.29 is 14.2 Å². The van der Waals surface area contributed by atoms with Crippen molar-refractivity contribution in [3.8, 4) is 5.75 Å². The number of benzene rings is 1. The Kier molecular flexibility index (Phi) is 7.26. The van der Waals surface area contributed by atoms with Crippen LogP contribution in [0.3, 0.4) is 0 Å². The average Bonchev–Trinajstić information content (AvgIpc) is 2.62. The molecule has 1 saturated carbocycles. The maximum absolute atomic E-state index is 14.0. The fourth-order valence-electron chi connectivity index (χ4n) is 3.39. The van der Waals surface area contributed by atoms with Crippen LogP contribution in [0.15, 0.2) is 23.2 Å². The van der Waals surface area contributed by atoms with Crippen LogP contribution in [0.25, 0.3) is 0 Å². The van der Waals surface area contributed by atoms with Crippen LogP contribution >= 0.6 is 0 Å². The molecule has 0 amide bonds. The molecule has 0 saturated heterocycles. The second-order valence-electron chi connectivity index (χ2n) is 7.37. The second kappa shape index (κ2) is 9.21. The summed E-state index contributed by atoms with van der Waals surface area (Å²) >= 11 is 0. The van der Waals surface area contributed by atoms with Gasteiger partial charge < -0.3 is 20.5 Å². The first-order valence-electron chi connectivity index (χ1n) is 9.46. The number of ether oxygens (including phenoxy) is 1. The first-order valence-corrected chi connectivity index (χ1v) is 9.46. The second-order valence-corrected chi connectivity index (χ2v) is 7.37. The number of aliphatic imine (C=N–C) groups is 1. The van der Waals surface area contributed by atoms with E-state index in [1.165, 1.54) is 13.2 Å². The standard InChI is InChI=1S/C20H32FN3O2/c1-5-22-19(23-13-20(3)11-7-6-8-18(20)25)24-14(2)15-9-10-17(26-4)16(21)12-15/h9-10,12,14,18,25H,5-8,11,13H2,1-4H3,(H2,22,23,24). The summed E-state index contributed by atoms with van der Waals surface area (Å²) in [5, 5.41) is 16.9. The molecule has 6 heteroatoms. The summed E-state index contributed by atoms with van der Waals surface area (Å²) in [6.45, 7) is 7.37. The first kappa shape index (κ1) is 20.5. The highest BCUT2D eigenvalue weighted by atomic mass is 19.1. The van der Waals surface area contributed by atoms with Gasteiger partial charge in [-0.3, -0.25) is 4.99 Å². The smallest absolute Gasteiger partial charge is 0.191 e. The molecule has 3 atom stereocenters. The Morgan fingerprint density at radius 3 is 2.85 bits per heavy atom. The van der Waals surface area contributed by atoms with Gasteiger partial charge >= 0.3 is 0 Å². The third-order valence-corrected chi connectivity index (χ3v) is 5.25. The fourth-order valence-corrected chi connectivity index (χ4v) is 3.39. The predicted octanol–water partition coefficient (Wildman–Crippen LogP) is 3.39. The number of nitrogens with one attached hydrogen (secondary N) is 2. The molecule has 3 unspecified atom stereocenters. The SMILES string of the molecule is CCNC(=NCC1(C)CCCCC1O)NC(C)c1ccc(OC)c(F)c1. The highest BCUT2D eigenvalue weighted by Gasteiger charge is 2.35. The molecule has 1 aliphatic carbocycles. The number of halogens is 1. The molecule has 1 aromatic carbocycles. The normalized spacial score (nSPS) is 24.8. The summed E-state index contributed by atoms with van der Waals surface area (Å²) in [5.41, 5.74) is 0.633. The van der Waals surface area contributed by atoms with Gasteiger partial charge in [0.05, 0.1) is 25.8 Å². The molecule has 146 valence electrons. The Morgan fingerprint density at radius 2 is 2.23 bits per heavy atom. The van der Waals surface area contributed by atoms with Crippen molar-refractivity contribution in [2.45, 2.75) is 58.6 Å². The van der Waals surface area contributed by atoms with Crippen molar-refractivity contribution in [3.63, 3.8) is 0 Å². The van der Waals surface area contributed by atoms with Crippen molar-refractivity contribution in [2.24, 2.45) is 10.4 Å². The van der Waals surface area contributed by atoms with E-state index in [9.17, 15) is 9.50 Å². The van der Waals surface area contributed by atoms with E-state index in [0.717, 1.165) is 37.8 Å². The van der Waals surface area contributed by atoms with Gasteiger partial charge in [0.2, 0.25) is 0 Å². The van der Waals surface area contributed by atoms with Crippen molar-refractivity contribution in [2.75, 3.05) is 20.2 Å². The van der Waals surface area contributed by atoms with E-state index in [1.807, 2.05) is 19.9 Å². The van der Waals surface area contributed by atoms with E-state index in [2.05, 4.69) is 17.6 Å². The molecule has 5 nitrogen and oxygen atoms in total. The lowest BCUT2D eigenvalue weighted by Gasteiger charge is -2.37. The lowest BCUT2D eigenvalue weighted by molar-refractivity contribution is 0.00715. The van der Waals surface area contributed by atoms with Crippen molar-refractivity contribution in [1.29, 1.82) is 0 Å². The van der Waals surface area contributed by atoms with E-state index in [-0.39, 0.29) is 29.1 Å². The third-order valence-electron chi connectivity index (χ3n) is 5.25. The van der Waals surface area contributed by atoms with Gasteiger partial charge in [-0.15, -0.1) is 0 Å². The molecule has 3 N–H and O–H groups in total. The van der Waals surface area contributed by atoms with Gasteiger partial charge in [-0.05, 0) is 44.4 Å². The van der Waals surface area contributed by atoms with Crippen LogP contribution in [0, 0.1) is 11.2 Å². The molecular formula is C20H32FN3O2. The zero-order valence-corrected chi connectivity index (χ0v) is 16.3. The van der Waals surface area contributed by atoms with E-state index in [4.69, 9.17) is 9.73 Å². The minimum atomic E-state index is -0.376. The van der Waals surface area contributed by atoms with Crippen LogP contribution < -0.4 is 15.4 Å². The lowest BCUT2D eigenvalue weighted by Crippen LogP contribution is -2.42. The Hall–Kier alpha value is -1.82. The summed E-state index contributed by atoms with van der Waals surface area (Å²) in [4.78, 5) is 4.70. The van der Waals surface area contributed by atoms with Crippen molar-refractivity contribution >= 4 is 5.96 Å². The molecule has 26 heavy (non-hydrogen) atoms. The van der Waals surface area contributed by atoms with E-state index in [1.54, 1.807) is 6.07 Å². The molecule has 1 aliphatic rings. The number of methoxy groups -OCH3 is 1. The van der Waals surface area contributed by atoms with Gasteiger partial charge in [-0.2, -0.15) is 0 Å². The summed E-state index contributed by atoms with van der Waals surface area (Å²) in [6.07, 6.45) is 3.73. The highest BCUT2D eigenvalue weighted by molar-refractivity contribution is 5.80. The van der Waals surface area contributed by atoms with Gasteiger partial charge in [0, 0.05) is 12.0 Å². The van der Waals surface area contributed by atoms with Crippen molar-refractivity contribution in [1.82, 2.24) is 10.6 Å². The molecule has 0 radical (unpaired) electrons. The number of rotatable bonds is 6. The minimum Gasteiger partial charge on any atom is -0.494 e. The van der Waals surface area contributed by atoms with Crippen LogP contribution in [0.2, 0.25) is 0 Å². The maximum Gasteiger partial charge on any atom is 0.191 e. The topological polar surface area (TPSA) is 65.9 Å². The molecule has 1 aromatic rings. The van der Waals surface area contributed by atoms with E-state index in [0.29, 0.717) is 12.5 Å². The van der Waals surface area contributed by atoms with E-state index >= 15 is 0 Å². The third kappa shape index (κ3) is 5.10. The first-order chi connectivity index (χ1) is 12.4. The van der Waals surface area contributed by atoms with Crippen LogP contribution in [0.4, 0.5) is 4.39 Å². The largest absolute Gasteiger partial charge is 0.494 e. The summed E-state index contributed by atoms with van der Waals surface area (Å²) in [7, 11) is 1.45. The lowest BCUT2D eigenvalue weighted by atomic mass is 9.73. The Balaban J connectivity index is 2.07. The number of hydrogen-bond donors (Lipinski definition) is 3. The summed E-state index contributed by atoms with van der Waals surface area (Å²) < 4.78 is 18.9. The number of aliphatic hydroxyl groups is 1. The van der Waals surface area contributed by atoms with Crippen LogP contribution in [0.5, 0.6) is 5.75 Å². The van der Waals surface area contributed by atoms with Gasteiger partial charge in [0.25, 0.3) is 0 Å². The number of nitrogens with zero attached hydrogens (tertiary/aromatic N) is 1. The minimum absolute atomic E-state index is 0.114. The van der Waals surface area contributed by atoms with Gasteiger partial charge in [-0.25, -0.2) is 4.39 Å². The summed E-state index contributed by atoms with van der Waals surface area (Å²) in [6, 6.07) is 4.84. The predicted molar refractivity (Wildman–Crippen MR) is 103 cm³/mol. The molecule has 0 heterocycles. The Bertz CT molecular complexity index is 623. The fraction of sp³-hybridized carbons (Fsp3) is 0.650. The Labute approximate surface area is 156 Å². The molecule has 0 bridgehead atoms.